The van der Waals surface area contributed by atoms with Crippen molar-refractivity contribution >= 4 is 0 Å². The van der Waals surface area contributed by atoms with Crippen LogP contribution in [0.15, 0.2) is 0 Å². The van der Waals surface area contributed by atoms with Crippen LogP contribution in [0.25, 0.3) is 0 Å². The van der Waals surface area contributed by atoms with Crippen molar-refractivity contribution in [3.05, 3.63) is 0 Å². The average Bonchev–Trinajstić information content (AvgIpc) is 1.98. The van der Waals surface area contributed by atoms with Crippen LogP contribution in [0.2, 0.25) is 0 Å². The zero-order valence-corrected chi connectivity index (χ0v) is 10.9. The van der Waals surface area contributed by atoms with E-state index < -0.39 is 29.2 Å². The van der Waals surface area contributed by atoms with Gasteiger partial charge >= 0.3 is 6.18 Å². The van der Waals surface area contributed by atoms with Gasteiger partial charge in [-0.2, -0.15) is 13.2 Å². The van der Waals surface area contributed by atoms with Gasteiger partial charge in [-0.25, -0.2) is 8.78 Å². The van der Waals surface area contributed by atoms with Crippen molar-refractivity contribution in [1.29, 1.82) is 0 Å². The van der Waals surface area contributed by atoms with E-state index in [1.807, 2.05) is 0 Å². The van der Waals surface area contributed by atoms with Crippen molar-refractivity contribution in [3.8, 4) is 0 Å². The van der Waals surface area contributed by atoms with E-state index in [1.165, 1.54) is 13.8 Å². The Morgan fingerprint density at radius 3 is 1.41 bits per heavy atom. The fourth-order valence-corrected chi connectivity index (χ4v) is 1.59. The molecule has 104 valence electrons. The largest absolute Gasteiger partial charge is 0.399 e. The van der Waals surface area contributed by atoms with Crippen LogP contribution in [0.5, 0.6) is 0 Å². The molecule has 0 aliphatic carbocycles. The Bertz CT molecular complexity index is 266. The summed E-state index contributed by atoms with van der Waals surface area (Å²) in [6.07, 6.45) is -5.59. The third-order valence-corrected chi connectivity index (χ3v) is 2.78. The summed E-state index contributed by atoms with van der Waals surface area (Å²) in [6.45, 7) is 5.91. The first kappa shape index (κ1) is 16.6. The Labute approximate surface area is 98.3 Å². The minimum atomic E-state index is -5.01. The van der Waals surface area contributed by atoms with Gasteiger partial charge in [0.05, 0.1) is 6.10 Å². The zero-order chi connectivity index (χ0) is 14.3. The first-order valence-corrected chi connectivity index (χ1v) is 5.29. The molecule has 0 saturated carbocycles. The number of hydrogen-bond donors (Lipinski definition) is 0. The normalized spacial score (nSPS) is 15.5. The molecule has 0 radical (unpaired) electrons. The number of hydrogen-bond acceptors (Lipinski definition) is 1. The van der Waals surface area contributed by atoms with Gasteiger partial charge in [-0.05, 0) is 41.5 Å². The van der Waals surface area contributed by atoms with Crippen molar-refractivity contribution in [2.45, 2.75) is 65.3 Å². The molecule has 0 heterocycles. The summed E-state index contributed by atoms with van der Waals surface area (Å²) >= 11 is 0. The highest BCUT2D eigenvalue weighted by Crippen LogP contribution is 2.54. The molecule has 0 N–H and O–H groups in total. The predicted octanol–water partition coefficient (Wildman–Crippen LogP) is 4.41. The van der Waals surface area contributed by atoms with Crippen LogP contribution in [0.4, 0.5) is 22.0 Å². The molecular formula is C11H19F5O. The molecular weight excluding hydrogens is 243 g/mol. The van der Waals surface area contributed by atoms with Gasteiger partial charge in [0.25, 0.3) is 5.92 Å². The molecule has 0 unspecified atom stereocenters. The fraction of sp³-hybridized carbons (Fsp3) is 1.00. The summed E-state index contributed by atoms with van der Waals surface area (Å²) < 4.78 is 70.9. The first-order chi connectivity index (χ1) is 7.17. The Kier molecular flexibility index (Phi) is 4.27. The van der Waals surface area contributed by atoms with Gasteiger partial charge in [0.1, 0.15) is 11.0 Å². The molecule has 0 bridgehead atoms. The van der Waals surface area contributed by atoms with Crippen molar-refractivity contribution in [3.63, 3.8) is 0 Å². The number of ether oxygens (including phenoxy) is 1. The van der Waals surface area contributed by atoms with Gasteiger partial charge < -0.3 is 4.74 Å². The summed E-state index contributed by atoms with van der Waals surface area (Å²) in [5.41, 5.74) is -5.35. The molecule has 0 aromatic rings. The number of rotatable bonds is 4. The maximum atomic E-state index is 14.0. The number of halogens is 5. The highest BCUT2D eigenvalue weighted by molar-refractivity contribution is 5.01. The van der Waals surface area contributed by atoms with Crippen LogP contribution in [0.3, 0.4) is 0 Å². The van der Waals surface area contributed by atoms with E-state index in [-0.39, 0.29) is 0 Å². The first-order valence-electron chi connectivity index (χ1n) is 5.29. The van der Waals surface area contributed by atoms with Crippen LogP contribution in [-0.4, -0.2) is 23.8 Å². The summed E-state index contributed by atoms with van der Waals surface area (Å²) in [4.78, 5) is 0. The van der Waals surface area contributed by atoms with E-state index in [0.717, 1.165) is 13.8 Å². The van der Waals surface area contributed by atoms with E-state index in [4.69, 9.17) is 4.74 Å². The smallest absolute Gasteiger partial charge is 0.367 e. The van der Waals surface area contributed by atoms with Crippen LogP contribution < -0.4 is 0 Å². The minimum absolute atomic E-state index is 0.485. The molecule has 0 saturated heterocycles. The molecule has 0 spiro atoms. The van der Waals surface area contributed by atoms with Crippen molar-refractivity contribution in [2.75, 3.05) is 0 Å². The quantitative estimate of drug-likeness (QED) is 0.682. The third-order valence-electron chi connectivity index (χ3n) is 2.78. The summed E-state index contributed by atoms with van der Waals surface area (Å²) in [5.74, 6) is -4.04. The highest BCUT2D eigenvalue weighted by Gasteiger charge is 2.69. The van der Waals surface area contributed by atoms with E-state index in [0.29, 0.717) is 13.8 Å². The predicted molar refractivity (Wildman–Crippen MR) is 55.1 cm³/mol. The lowest BCUT2D eigenvalue weighted by Gasteiger charge is -2.45. The second-order valence-electron chi connectivity index (χ2n) is 5.37. The molecule has 0 amide bonds. The van der Waals surface area contributed by atoms with E-state index in [9.17, 15) is 22.0 Å². The van der Waals surface area contributed by atoms with Crippen LogP contribution >= 0.6 is 0 Å². The third kappa shape index (κ3) is 2.89. The maximum Gasteiger partial charge on any atom is 0.399 e. The molecule has 1 nitrogen and oxygen atoms in total. The second kappa shape index (κ2) is 4.37. The molecule has 0 aromatic carbocycles. The molecule has 0 aliphatic heterocycles. The SMILES string of the molecule is CC(C)OC(C)(C)C(F)(F)C(C)(C)C(F)(F)F. The lowest BCUT2D eigenvalue weighted by molar-refractivity contribution is -0.335. The summed E-state index contributed by atoms with van der Waals surface area (Å²) in [7, 11) is 0. The van der Waals surface area contributed by atoms with Gasteiger partial charge in [0.2, 0.25) is 0 Å². The van der Waals surface area contributed by atoms with Gasteiger partial charge in [-0.15, -0.1) is 0 Å². The van der Waals surface area contributed by atoms with Crippen LogP contribution in [-0.2, 0) is 4.74 Å². The van der Waals surface area contributed by atoms with Gasteiger partial charge in [-0.3, -0.25) is 0 Å². The standard InChI is InChI=1S/C11H19F5O/c1-7(2)17-9(5,6)10(12,13)8(3,4)11(14,15)16/h7H,1-6H3. The van der Waals surface area contributed by atoms with E-state index >= 15 is 0 Å². The Hall–Kier alpha value is -0.390. The summed E-state index contributed by atoms with van der Waals surface area (Å²) in [5, 5.41) is 0. The molecule has 6 heteroatoms. The Balaban J connectivity index is 5.39. The minimum Gasteiger partial charge on any atom is -0.367 e. The topological polar surface area (TPSA) is 9.23 Å². The fourth-order valence-electron chi connectivity index (χ4n) is 1.59. The van der Waals surface area contributed by atoms with Crippen LogP contribution in [0.1, 0.15) is 41.5 Å². The molecule has 17 heavy (non-hydrogen) atoms. The van der Waals surface area contributed by atoms with E-state index in [1.54, 1.807) is 0 Å². The van der Waals surface area contributed by atoms with Gasteiger partial charge in [-0.1, -0.05) is 0 Å². The molecule has 0 aliphatic rings. The summed E-state index contributed by atoms with van der Waals surface area (Å²) in [6, 6.07) is 0. The van der Waals surface area contributed by atoms with Gasteiger partial charge in [0, 0.05) is 0 Å². The lowest BCUT2D eigenvalue weighted by atomic mass is 9.76. The molecule has 0 atom stereocenters. The zero-order valence-electron chi connectivity index (χ0n) is 10.9. The van der Waals surface area contributed by atoms with Crippen molar-refractivity contribution in [2.24, 2.45) is 5.41 Å². The average molecular weight is 262 g/mol. The second-order valence-corrected chi connectivity index (χ2v) is 5.37. The molecule has 0 fully saturated rings. The van der Waals surface area contributed by atoms with E-state index in [2.05, 4.69) is 0 Å². The molecule has 0 rings (SSSR count). The van der Waals surface area contributed by atoms with Crippen molar-refractivity contribution in [1.82, 2.24) is 0 Å². The van der Waals surface area contributed by atoms with Crippen LogP contribution in [0, 0.1) is 5.41 Å². The Morgan fingerprint density at radius 2 is 1.18 bits per heavy atom. The van der Waals surface area contributed by atoms with Gasteiger partial charge in [0.15, 0.2) is 0 Å². The van der Waals surface area contributed by atoms with Crippen molar-refractivity contribution < 1.29 is 26.7 Å². The molecule has 0 aromatic heterocycles. The Morgan fingerprint density at radius 1 is 0.824 bits per heavy atom. The maximum absolute atomic E-state index is 14.0. The highest BCUT2D eigenvalue weighted by atomic mass is 19.4. The monoisotopic (exact) mass is 262 g/mol. The lowest BCUT2D eigenvalue weighted by Crippen LogP contribution is -2.60. The number of alkyl halides is 5.